The fourth-order valence-corrected chi connectivity index (χ4v) is 4.00. The van der Waals surface area contributed by atoms with E-state index in [0.717, 1.165) is 25.1 Å². The first kappa shape index (κ1) is 15.3. The zero-order valence-electron chi connectivity index (χ0n) is 12.8. The average molecular weight is 311 g/mol. The minimum absolute atomic E-state index is 0.194. The summed E-state index contributed by atoms with van der Waals surface area (Å²) < 4.78 is 0. The van der Waals surface area contributed by atoms with E-state index in [2.05, 4.69) is 42.2 Å². The van der Waals surface area contributed by atoms with Gasteiger partial charge in [-0.3, -0.25) is 9.69 Å². The predicted octanol–water partition coefficient (Wildman–Crippen LogP) is 4.40. The van der Waals surface area contributed by atoms with E-state index in [0.29, 0.717) is 11.3 Å². The van der Waals surface area contributed by atoms with Crippen molar-refractivity contribution >= 4 is 16.9 Å². The zero-order chi connectivity index (χ0) is 15.4. The molecule has 0 aliphatic carbocycles. The van der Waals surface area contributed by atoms with Gasteiger partial charge in [0.2, 0.25) is 5.12 Å². The minimum atomic E-state index is 0.194. The van der Waals surface area contributed by atoms with Gasteiger partial charge >= 0.3 is 0 Å². The van der Waals surface area contributed by atoms with Crippen molar-refractivity contribution in [3.63, 3.8) is 0 Å². The van der Waals surface area contributed by atoms with Gasteiger partial charge in [-0.25, -0.2) is 0 Å². The summed E-state index contributed by atoms with van der Waals surface area (Å²) in [5, 5.41) is 0.596. The standard InChI is InChI=1S/C19H21NOS/c1-15(16-8-4-2-5-9-16)20-13-12-18(14-20)22-19(21)17-10-6-3-7-11-17/h2-11,15,18H,12-14H2,1H3/t15?,18-/m0/s1. The SMILES string of the molecule is CC(c1ccccc1)N1CC[C@H](SC(=O)c2ccccc2)C1. The first-order valence-electron chi connectivity index (χ1n) is 7.79. The molecule has 2 atom stereocenters. The second-order valence-corrected chi connectivity index (χ2v) is 7.04. The third-order valence-corrected chi connectivity index (χ3v) is 5.46. The van der Waals surface area contributed by atoms with Crippen LogP contribution >= 0.6 is 11.8 Å². The quantitative estimate of drug-likeness (QED) is 0.835. The van der Waals surface area contributed by atoms with E-state index >= 15 is 0 Å². The number of likely N-dealkylation sites (tertiary alicyclic amines) is 1. The highest BCUT2D eigenvalue weighted by atomic mass is 32.2. The molecule has 0 radical (unpaired) electrons. The molecular weight excluding hydrogens is 290 g/mol. The van der Waals surface area contributed by atoms with Crippen LogP contribution in [0.3, 0.4) is 0 Å². The van der Waals surface area contributed by atoms with Crippen LogP contribution in [0, 0.1) is 0 Å². The zero-order valence-corrected chi connectivity index (χ0v) is 13.6. The number of carbonyl (C=O) groups excluding carboxylic acids is 1. The second-order valence-electron chi connectivity index (χ2n) is 5.76. The number of rotatable bonds is 4. The maximum Gasteiger partial charge on any atom is 0.219 e. The number of benzene rings is 2. The largest absolute Gasteiger partial charge is 0.295 e. The summed E-state index contributed by atoms with van der Waals surface area (Å²) in [6, 6.07) is 20.6. The lowest BCUT2D eigenvalue weighted by atomic mass is 10.1. The molecule has 22 heavy (non-hydrogen) atoms. The molecule has 1 aliphatic heterocycles. The highest BCUT2D eigenvalue weighted by Crippen LogP contribution is 2.31. The Morgan fingerprint density at radius 3 is 2.41 bits per heavy atom. The van der Waals surface area contributed by atoms with Crippen LogP contribution in [0.2, 0.25) is 0 Å². The van der Waals surface area contributed by atoms with Gasteiger partial charge in [0.25, 0.3) is 0 Å². The lowest BCUT2D eigenvalue weighted by Crippen LogP contribution is -2.25. The van der Waals surface area contributed by atoms with Gasteiger partial charge in [-0.15, -0.1) is 0 Å². The van der Waals surface area contributed by atoms with E-state index < -0.39 is 0 Å². The summed E-state index contributed by atoms with van der Waals surface area (Å²) in [6.07, 6.45) is 1.08. The summed E-state index contributed by atoms with van der Waals surface area (Å²) in [4.78, 5) is 14.8. The number of carbonyl (C=O) groups is 1. The monoisotopic (exact) mass is 311 g/mol. The van der Waals surface area contributed by atoms with Crippen molar-refractivity contribution in [1.29, 1.82) is 0 Å². The average Bonchev–Trinajstić information content (AvgIpc) is 3.04. The molecule has 1 fully saturated rings. The normalized spacial score (nSPS) is 20.0. The molecule has 1 heterocycles. The van der Waals surface area contributed by atoms with Crippen molar-refractivity contribution in [3.05, 3.63) is 71.8 Å². The maximum atomic E-state index is 12.3. The Kier molecular flexibility index (Phi) is 4.96. The summed E-state index contributed by atoms with van der Waals surface area (Å²) in [5.74, 6) is 0. The van der Waals surface area contributed by atoms with Crippen molar-refractivity contribution in [2.45, 2.75) is 24.6 Å². The Bertz CT molecular complexity index is 614. The number of thioether (sulfide) groups is 1. The fourth-order valence-electron chi connectivity index (χ4n) is 2.94. The molecule has 3 heteroatoms. The van der Waals surface area contributed by atoms with Crippen LogP contribution < -0.4 is 0 Å². The Morgan fingerprint density at radius 2 is 1.73 bits per heavy atom. The van der Waals surface area contributed by atoms with Crippen molar-refractivity contribution in [1.82, 2.24) is 4.90 Å². The minimum Gasteiger partial charge on any atom is -0.295 e. The molecule has 0 bridgehead atoms. The van der Waals surface area contributed by atoms with E-state index in [-0.39, 0.29) is 5.12 Å². The second kappa shape index (κ2) is 7.12. The molecule has 1 unspecified atom stereocenters. The molecule has 2 aromatic carbocycles. The Morgan fingerprint density at radius 1 is 1.09 bits per heavy atom. The molecule has 0 N–H and O–H groups in total. The van der Waals surface area contributed by atoms with E-state index in [1.807, 2.05) is 30.3 Å². The van der Waals surface area contributed by atoms with Crippen LogP contribution in [0.25, 0.3) is 0 Å². The molecular formula is C19H21NOS. The molecule has 0 saturated carbocycles. The van der Waals surface area contributed by atoms with Crippen LogP contribution in [0.1, 0.15) is 35.3 Å². The number of hydrogen-bond donors (Lipinski definition) is 0. The van der Waals surface area contributed by atoms with Crippen LogP contribution in [-0.2, 0) is 0 Å². The van der Waals surface area contributed by atoms with Crippen molar-refractivity contribution in [2.75, 3.05) is 13.1 Å². The van der Waals surface area contributed by atoms with Crippen molar-refractivity contribution in [2.24, 2.45) is 0 Å². The summed E-state index contributed by atoms with van der Waals surface area (Å²) in [5.41, 5.74) is 2.16. The van der Waals surface area contributed by atoms with Crippen LogP contribution in [0.5, 0.6) is 0 Å². The smallest absolute Gasteiger partial charge is 0.219 e. The third-order valence-electron chi connectivity index (χ3n) is 4.29. The van der Waals surface area contributed by atoms with E-state index in [1.165, 1.54) is 17.3 Å². The van der Waals surface area contributed by atoms with Crippen molar-refractivity contribution in [3.8, 4) is 0 Å². The molecule has 2 nitrogen and oxygen atoms in total. The first-order valence-corrected chi connectivity index (χ1v) is 8.67. The van der Waals surface area contributed by atoms with E-state index in [9.17, 15) is 4.79 Å². The molecule has 2 aromatic rings. The van der Waals surface area contributed by atoms with Crippen LogP contribution in [0.4, 0.5) is 0 Å². The topological polar surface area (TPSA) is 20.3 Å². The summed E-state index contributed by atoms with van der Waals surface area (Å²) >= 11 is 1.50. The van der Waals surface area contributed by atoms with Gasteiger partial charge in [-0.1, -0.05) is 72.4 Å². The van der Waals surface area contributed by atoms with Gasteiger partial charge in [0.05, 0.1) is 0 Å². The highest BCUT2D eigenvalue weighted by Gasteiger charge is 2.28. The lowest BCUT2D eigenvalue weighted by molar-refractivity contribution is 0.108. The molecule has 114 valence electrons. The maximum absolute atomic E-state index is 12.3. The molecule has 0 spiro atoms. The third kappa shape index (κ3) is 3.60. The van der Waals surface area contributed by atoms with Crippen LogP contribution in [0.15, 0.2) is 60.7 Å². The Balaban J connectivity index is 1.57. The predicted molar refractivity (Wildman–Crippen MR) is 93.2 cm³/mol. The Labute approximate surface area is 136 Å². The van der Waals surface area contributed by atoms with Gasteiger partial charge in [0.1, 0.15) is 0 Å². The summed E-state index contributed by atoms with van der Waals surface area (Å²) in [6.45, 7) is 4.30. The van der Waals surface area contributed by atoms with E-state index in [4.69, 9.17) is 0 Å². The van der Waals surface area contributed by atoms with Crippen molar-refractivity contribution < 1.29 is 4.79 Å². The van der Waals surface area contributed by atoms with Gasteiger partial charge < -0.3 is 0 Å². The first-order chi connectivity index (χ1) is 10.7. The van der Waals surface area contributed by atoms with E-state index in [1.54, 1.807) is 0 Å². The van der Waals surface area contributed by atoms with Gasteiger partial charge in [-0.05, 0) is 25.5 Å². The van der Waals surface area contributed by atoms with Crippen LogP contribution in [-0.4, -0.2) is 28.4 Å². The summed E-state index contributed by atoms with van der Waals surface area (Å²) in [7, 11) is 0. The Hall–Kier alpha value is -1.58. The van der Waals surface area contributed by atoms with Gasteiger partial charge in [0, 0.05) is 23.4 Å². The number of nitrogens with zero attached hydrogens (tertiary/aromatic N) is 1. The molecule has 3 rings (SSSR count). The molecule has 0 aromatic heterocycles. The van der Waals surface area contributed by atoms with Gasteiger partial charge in [0.15, 0.2) is 0 Å². The molecule has 1 saturated heterocycles. The lowest BCUT2D eigenvalue weighted by Gasteiger charge is -2.24. The highest BCUT2D eigenvalue weighted by molar-refractivity contribution is 8.14. The van der Waals surface area contributed by atoms with Gasteiger partial charge in [-0.2, -0.15) is 0 Å². The number of hydrogen-bond acceptors (Lipinski definition) is 3. The molecule has 1 aliphatic rings. The molecule has 0 amide bonds. The fraction of sp³-hybridized carbons (Fsp3) is 0.316.